The van der Waals surface area contributed by atoms with Crippen molar-refractivity contribution >= 4 is 13.7 Å². The molecule has 0 aromatic carbocycles. The Morgan fingerprint density at radius 3 is 2.73 bits per heavy atom. The van der Waals surface area contributed by atoms with Crippen LogP contribution < -0.4 is 0 Å². The van der Waals surface area contributed by atoms with Gasteiger partial charge in [0.25, 0.3) is 0 Å². The molecule has 0 rings (SSSR count). The Hall–Kier alpha value is -0.540. The lowest BCUT2D eigenvalue weighted by Crippen LogP contribution is -2.01. The molecule has 0 aromatic rings. The van der Waals surface area contributed by atoms with Gasteiger partial charge in [-0.15, -0.1) is 4.52 Å². The first-order chi connectivity index (χ1) is 5.22. The van der Waals surface area contributed by atoms with E-state index < -0.39 is 20.4 Å². The lowest BCUT2D eigenvalue weighted by molar-refractivity contribution is 0.158. The zero-order chi connectivity index (χ0) is 8.69. The molecule has 1 atom stereocenters. The van der Waals surface area contributed by atoms with E-state index in [1.807, 2.05) is 0 Å². The molecule has 0 amide bonds. The second-order valence-corrected chi connectivity index (χ2v) is 2.62. The van der Waals surface area contributed by atoms with Crippen LogP contribution in [-0.4, -0.2) is 25.6 Å². The molecule has 0 aliphatic heterocycles. The summed E-state index contributed by atoms with van der Waals surface area (Å²) in [5.74, 6) is 0. The van der Waals surface area contributed by atoms with Crippen molar-refractivity contribution in [2.45, 2.75) is 6.92 Å². The predicted octanol–water partition coefficient (Wildman–Crippen LogP) is 1.87. The molecule has 1 unspecified atom stereocenters. The normalized spacial score (nSPS) is 10.9. The van der Waals surface area contributed by atoms with E-state index in [1.165, 1.54) is 0 Å². The molecule has 0 aromatic heterocycles. The number of rotatable bonds is 5. The van der Waals surface area contributed by atoms with Crippen molar-refractivity contribution in [2.75, 3.05) is 19.9 Å². The van der Waals surface area contributed by atoms with Gasteiger partial charge in [-0.1, -0.05) is 0 Å². The van der Waals surface area contributed by atoms with Crippen LogP contribution in [0.5, 0.6) is 0 Å². The molecule has 0 heterocycles. The average molecular weight is 183 g/mol. The molecule has 0 spiro atoms. The summed E-state index contributed by atoms with van der Waals surface area (Å²) in [7, 11) is -2.43. The van der Waals surface area contributed by atoms with Crippen LogP contribution in [0.25, 0.3) is 0 Å². The number of halogens is 1. The van der Waals surface area contributed by atoms with Crippen molar-refractivity contribution in [3.05, 3.63) is 0 Å². The Morgan fingerprint density at radius 2 is 2.27 bits per heavy atom. The van der Waals surface area contributed by atoms with Gasteiger partial charge in [0.2, 0.25) is 0 Å². The van der Waals surface area contributed by atoms with Gasteiger partial charge in [0.05, 0.1) is 0 Å². The largest absolute Gasteiger partial charge is 0.636 e. The highest BCUT2D eigenvalue weighted by Gasteiger charge is 2.32. The Kier molecular flexibility index (Phi) is 5.88. The van der Waals surface area contributed by atoms with Crippen LogP contribution in [0.15, 0.2) is 0 Å². The minimum Gasteiger partial charge on any atom is -0.422 e. The highest BCUT2D eigenvalue weighted by Crippen LogP contribution is 2.24. The van der Waals surface area contributed by atoms with Crippen LogP contribution in [-0.2, 0) is 13.8 Å². The van der Waals surface area contributed by atoms with Crippen LogP contribution in [0.4, 0.5) is 9.18 Å². The fourth-order valence-electron chi connectivity index (χ4n) is 0.349. The van der Waals surface area contributed by atoms with Crippen LogP contribution >= 0.6 is 8.03 Å². The molecule has 0 aliphatic carbocycles. The van der Waals surface area contributed by atoms with Gasteiger partial charge in [0.15, 0.2) is 0 Å². The van der Waals surface area contributed by atoms with Crippen LogP contribution in [0.2, 0.25) is 0 Å². The molecule has 0 N–H and O–H groups in total. The molecule has 0 saturated carbocycles. The minimum atomic E-state index is -2.43. The molecule has 0 fully saturated rings. The van der Waals surface area contributed by atoms with Gasteiger partial charge in [-0.05, 0) is 11.5 Å². The smallest absolute Gasteiger partial charge is 0.422 e. The maximum atomic E-state index is 11.4. The monoisotopic (exact) mass is 183 g/mol. The Labute approximate surface area is 64.5 Å². The fourth-order valence-corrected chi connectivity index (χ4v) is 0.885. The highest BCUT2D eigenvalue weighted by molar-refractivity contribution is 7.58. The van der Waals surface area contributed by atoms with Crippen molar-refractivity contribution in [2.24, 2.45) is 0 Å². The molecular formula is C5H9FO4P+. The van der Waals surface area contributed by atoms with E-state index in [2.05, 4.69) is 9.26 Å². The van der Waals surface area contributed by atoms with Crippen LogP contribution in [0, 0.1) is 0 Å². The van der Waals surface area contributed by atoms with Crippen LogP contribution in [0.1, 0.15) is 6.92 Å². The molecule has 11 heavy (non-hydrogen) atoms. The predicted molar refractivity (Wildman–Crippen MR) is 36.6 cm³/mol. The molecule has 4 nitrogen and oxygen atoms in total. The summed E-state index contributed by atoms with van der Waals surface area (Å²) < 4.78 is 30.6. The van der Waals surface area contributed by atoms with E-state index in [0.29, 0.717) is 0 Å². The third-order valence-corrected chi connectivity index (χ3v) is 1.62. The van der Waals surface area contributed by atoms with E-state index in [-0.39, 0.29) is 13.2 Å². The molecule has 6 heteroatoms. The van der Waals surface area contributed by atoms with Gasteiger partial charge in [0, 0.05) is 0 Å². The molecular weight excluding hydrogens is 174 g/mol. The van der Waals surface area contributed by atoms with Crippen molar-refractivity contribution in [1.82, 2.24) is 0 Å². The van der Waals surface area contributed by atoms with Gasteiger partial charge in [-0.25, -0.2) is 4.39 Å². The van der Waals surface area contributed by atoms with E-state index in [0.717, 1.165) is 0 Å². The number of carbonyl (C=O) groups is 1. The van der Waals surface area contributed by atoms with Crippen molar-refractivity contribution < 1.29 is 23.0 Å². The standard InChI is InChI=1S/C5H9FO4P/c1-2-10-11(8)5(7)9-4-3-6/h2-4H2,1H3/q+1. The summed E-state index contributed by atoms with van der Waals surface area (Å²) in [5, 5.41) is 0. The quantitative estimate of drug-likeness (QED) is 0.610. The summed E-state index contributed by atoms with van der Waals surface area (Å²) in [6.07, 6.45) is 0. The molecule has 0 saturated heterocycles. The maximum Gasteiger partial charge on any atom is 0.636 e. The van der Waals surface area contributed by atoms with Crippen molar-refractivity contribution in [1.29, 1.82) is 0 Å². The van der Waals surface area contributed by atoms with E-state index in [1.54, 1.807) is 6.92 Å². The van der Waals surface area contributed by atoms with Gasteiger partial charge in [-0.3, -0.25) is 0 Å². The lowest BCUT2D eigenvalue weighted by atomic mass is 10.8. The van der Waals surface area contributed by atoms with E-state index in [9.17, 15) is 13.8 Å². The summed E-state index contributed by atoms with van der Waals surface area (Å²) in [6, 6.07) is 0. The topological polar surface area (TPSA) is 52.6 Å². The number of hydrogen-bond acceptors (Lipinski definition) is 4. The van der Waals surface area contributed by atoms with Crippen molar-refractivity contribution in [3.8, 4) is 0 Å². The first-order valence-electron chi connectivity index (χ1n) is 3.05. The van der Waals surface area contributed by atoms with Gasteiger partial charge in [-0.2, -0.15) is 4.79 Å². The van der Waals surface area contributed by atoms with Crippen LogP contribution in [0.3, 0.4) is 0 Å². The molecule has 0 bridgehead atoms. The molecule has 0 radical (unpaired) electrons. The zero-order valence-corrected chi connectivity index (χ0v) is 6.97. The second-order valence-electron chi connectivity index (χ2n) is 1.48. The van der Waals surface area contributed by atoms with Gasteiger partial charge < -0.3 is 4.74 Å². The first kappa shape index (κ1) is 10.5. The zero-order valence-electron chi connectivity index (χ0n) is 6.08. The van der Waals surface area contributed by atoms with Crippen molar-refractivity contribution in [3.63, 3.8) is 0 Å². The van der Waals surface area contributed by atoms with Gasteiger partial charge >= 0.3 is 13.7 Å². The second kappa shape index (κ2) is 6.19. The fraction of sp³-hybridized carbons (Fsp3) is 0.800. The third kappa shape index (κ3) is 4.81. The summed E-state index contributed by atoms with van der Waals surface area (Å²) >= 11 is 0. The highest BCUT2D eigenvalue weighted by atomic mass is 31.1. The molecule has 0 aliphatic rings. The number of hydrogen-bond donors (Lipinski definition) is 0. The SMILES string of the molecule is CCO[P+](=O)C(=O)OCCF. The Bertz CT molecular complexity index is 149. The van der Waals surface area contributed by atoms with Gasteiger partial charge in [0.1, 0.15) is 19.9 Å². The Morgan fingerprint density at radius 1 is 1.64 bits per heavy atom. The molecule has 64 valence electrons. The summed E-state index contributed by atoms with van der Waals surface area (Å²) in [5.41, 5.74) is -1.00. The minimum absolute atomic E-state index is 0.167. The maximum absolute atomic E-state index is 11.4. The number of alkyl halides is 1. The number of ether oxygens (including phenoxy) is 1. The Balaban J connectivity index is 3.56. The van der Waals surface area contributed by atoms with E-state index >= 15 is 0 Å². The first-order valence-corrected chi connectivity index (χ1v) is 4.23. The average Bonchev–Trinajstić information content (AvgIpc) is 2.00. The third-order valence-electron chi connectivity index (χ3n) is 0.698. The van der Waals surface area contributed by atoms with E-state index in [4.69, 9.17) is 0 Å². The summed E-state index contributed by atoms with van der Waals surface area (Å²) in [6.45, 7) is 0.615. The summed E-state index contributed by atoms with van der Waals surface area (Å²) in [4.78, 5) is 10.5. The number of carbonyl (C=O) groups excluding carboxylic acids is 1. The lowest BCUT2D eigenvalue weighted by Gasteiger charge is -1.89.